The Kier molecular flexibility index (Phi) is 4.21. The second-order valence-electron chi connectivity index (χ2n) is 6.22. The molecular weight excluding hydrogens is 332 g/mol. The number of nitrogens with zero attached hydrogens (tertiary/aromatic N) is 4. The lowest BCUT2D eigenvalue weighted by Gasteiger charge is -2.22. The number of para-hydroxylation sites is 1. The highest BCUT2D eigenvalue weighted by atomic mass is 32.2. The lowest BCUT2D eigenvalue weighted by atomic mass is 10.1. The number of imidazole rings is 1. The van der Waals surface area contributed by atoms with Crippen LogP contribution in [0, 0.1) is 0 Å². The highest BCUT2D eigenvalue weighted by molar-refractivity contribution is 7.99. The van der Waals surface area contributed by atoms with Crippen molar-refractivity contribution in [3.8, 4) is 0 Å². The minimum Gasteiger partial charge on any atom is -0.308 e. The predicted molar refractivity (Wildman–Crippen MR) is 101 cm³/mol. The Morgan fingerprint density at radius 3 is 2.96 bits per heavy atom. The van der Waals surface area contributed by atoms with Crippen molar-refractivity contribution in [2.24, 2.45) is 0 Å². The third-order valence-electron chi connectivity index (χ3n) is 4.59. The zero-order valence-corrected chi connectivity index (χ0v) is 15.2. The first-order valence-corrected chi connectivity index (χ1v) is 9.51. The second-order valence-corrected chi connectivity index (χ2v) is 7.16. The van der Waals surface area contributed by atoms with Gasteiger partial charge in [-0.3, -0.25) is 4.79 Å². The fraction of sp³-hybridized carbons (Fsp3) is 0.316. The van der Waals surface area contributed by atoms with Crippen LogP contribution in [0.15, 0.2) is 47.8 Å². The van der Waals surface area contributed by atoms with Crippen LogP contribution in [0.1, 0.15) is 19.4 Å². The molecule has 1 amide bonds. The molecule has 128 valence electrons. The van der Waals surface area contributed by atoms with Crippen LogP contribution in [0.25, 0.3) is 11.2 Å². The lowest BCUT2D eigenvalue weighted by Crippen LogP contribution is -2.37. The number of hydrogen-bond acceptors (Lipinski definition) is 4. The van der Waals surface area contributed by atoms with Gasteiger partial charge in [0.25, 0.3) is 0 Å². The van der Waals surface area contributed by atoms with Gasteiger partial charge in [-0.1, -0.05) is 30.0 Å². The van der Waals surface area contributed by atoms with Crippen molar-refractivity contribution >= 4 is 34.5 Å². The summed E-state index contributed by atoms with van der Waals surface area (Å²) in [5.41, 5.74) is 4.05. The van der Waals surface area contributed by atoms with Crippen molar-refractivity contribution in [3.05, 3.63) is 48.2 Å². The third kappa shape index (κ3) is 2.80. The number of hydrogen-bond donors (Lipinski definition) is 0. The second kappa shape index (κ2) is 6.52. The van der Waals surface area contributed by atoms with E-state index in [4.69, 9.17) is 0 Å². The van der Waals surface area contributed by atoms with Gasteiger partial charge in [0.15, 0.2) is 10.8 Å². The van der Waals surface area contributed by atoms with Crippen LogP contribution in [0.5, 0.6) is 0 Å². The van der Waals surface area contributed by atoms with E-state index in [1.54, 1.807) is 6.20 Å². The predicted octanol–water partition coefficient (Wildman–Crippen LogP) is 3.52. The van der Waals surface area contributed by atoms with Crippen LogP contribution < -0.4 is 4.90 Å². The smallest absolute Gasteiger partial charge is 0.237 e. The molecule has 1 aliphatic heterocycles. The number of carbonyl (C=O) groups excluding carboxylic acids is 1. The molecule has 0 saturated heterocycles. The molecule has 3 aromatic rings. The van der Waals surface area contributed by atoms with Crippen LogP contribution in [-0.4, -0.2) is 32.2 Å². The molecule has 1 atom stereocenters. The molecule has 5 nitrogen and oxygen atoms in total. The van der Waals surface area contributed by atoms with E-state index in [1.165, 1.54) is 17.3 Å². The topological polar surface area (TPSA) is 51.0 Å². The molecule has 3 heterocycles. The Balaban J connectivity index is 1.55. The summed E-state index contributed by atoms with van der Waals surface area (Å²) in [6.45, 7) is 4.96. The van der Waals surface area contributed by atoms with E-state index in [2.05, 4.69) is 34.4 Å². The standard InChI is InChI=1S/C19H20N4OS/c1-3-22-18-15(8-6-10-20-18)21-19(22)25-12-17(24)23-13(2)11-14-7-4-5-9-16(14)23/h4-10,13H,3,11-12H2,1-2H3/t13-/m0/s1. The molecule has 1 aromatic carbocycles. The summed E-state index contributed by atoms with van der Waals surface area (Å²) in [5.74, 6) is 0.507. The molecular formula is C19H20N4OS. The zero-order chi connectivity index (χ0) is 17.4. The third-order valence-corrected chi connectivity index (χ3v) is 5.55. The van der Waals surface area contributed by atoms with Crippen molar-refractivity contribution in [2.45, 2.75) is 38.0 Å². The number of thioether (sulfide) groups is 1. The molecule has 0 N–H and O–H groups in total. The molecule has 0 saturated carbocycles. The summed E-state index contributed by atoms with van der Waals surface area (Å²) in [6.07, 6.45) is 2.70. The Bertz CT molecular complexity index is 936. The van der Waals surface area contributed by atoms with Gasteiger partial charge >= 0.3 is 0 Å². The average Bonchev–Trinajstić information content (AvgIpc) is 3.15. The van der Waals surface area contributed by atoms with Gasteiger partial charge in [0, 0.05) is 24.5 Å². The van der Waals surface area contributed by atoms with Gasteiger partial charge in [-0.2, -0.15) is 0 Å². The maximum atomic E-state index is 12.9. The van der Waals surface area contributed by atoms with Crippen LogP contribution in [0.2, 0.25) is 0 Å². The molecule has 25 heavy (non-hydrogen) atoms. The molecule has 0 unspecified atom stereocenters. The van der Waals surface area contributed by atoms with E-state index in [0.717, 1.165) is 35.0 Å². The van der Waals surface area contributed by atoms with E-state index in [1.807, 2.05) is 35.2 Å². The molecule has 6 heteroatoms. The fourth-order valence-corrected chi connectivity index (χ4v) is 4.40. The molecule has 0 aliphatic carbocycles. The van der Waals surface area contributed by atoms with Crippen LogP contribution in [-0.2, 0) is 17.8 Å². The Morgan fingerprint density at radius 2 is 2.12 bits per heavy atom. The summed E-state index contributed by atoms with van der Waals surface area (Å²) < 4.78 is 2.06. The van der Waals surface area contributed by atoms with E-state index in [9.17, 15) is 4.79 Å². The number of carbonyl (C=O) groups is 1. The molecule has 0 bridgehead atoms. The average molecular weight is 352 g/mol. The SMILES string of the molecule is CCn1c(SCC(=O)N2c3ccccc3C[C@@H]2C)nc2cccnc21. The van der Waals surface area contributed by atoms with Crippen LogP contribution in [0.3, 0.4) is 0 Å². The van der Waals surface area contributed by atoms with Gasteiger partial charge < -0.3 is 9.47 Å². The largest absolute Gasteiger partial charge is 0.308 e. The summed E-state index contributed by atoms with van der Waals surface area (Å²) in [5, 5.41) is 0.852. The minimum absolute atomic E-state index is 0.130. The number of rotatable bonds is 4. The maximum absolute atomic E-state index is 12.9. The molecule has 0 spiro atoms. The van der Waals surface area contributed by atoms with Crippen molar-refractivity contribution in [1.82, 2.24) is 14.5 Å². The summed E-state index contributed by atoms with van der Waals surface area (Å²) in [7, 11) is 0. The van der Waals surface area contributed by atoms with E-state index < -0.39 is 0 Å². The van der Waals surface area contributed by atoms with Crippen molar-refractivity contribution in [1.29, 1.82) is 0 Å². The first-order chi connectivity index (χ1) is 12.2. The number of aromatic nitrogens is 3. The quantitative estimate of drug-likeness (QED) is 0.674. The fourth-order valence-electron chi connectivity index (χ4n) is 3.47. The number of benzene rings is 1. The molecule has 1 aliphatic rings. The lowest BCUT2D eigenvalue weighted by molar-refractivity contribution is -0.116. The molecule has 4 rings (SSSR count). The highest BCUT2D eigenvalue weighted by Gasteiger charge is 2.30. The molecule has 0 fully saturated rings. The summed E-state index contributed by atoms with van der Waals surface area (Å²) >= 11 is 1.49. The van der Waals surface area contributed by atoms with Gasteiger partial charge in [0.1, 0.15) is 5.52 Å². The summed E-state index contributed by atoms with van der Waals surface area (Å²) in [6, 6.07) is 12.2. The van der Waals surface area contributed by atoms with E-state index in [0.29, 0.717) is 5.75 Å². The van der Waals surface area contributed by atoms with E-state index in [-0.39, 0.29) is 11.9 Å². The molecule has 2 aromatic heterocycles. The monoisotopic (exact) mass is 352 g/mol. The number of amides is 1. The van der Waals surface area contributed by atoms with Gasteiger partial charge in [0.2, 0.25) is 5.91 Å². The van der Waals surface area contributed by atoms with E-state index >= 15 is 0 Å². The van der Waals surface area contributed by atoms with Gasteiger partial charge in [-0.05, 0) is 44.0 Å². The van der Waals surface area contributed by atoms with Crippen LogP contribution in [0.4, 0.5) is 5.69 Å². The maximum Gasteiger partial charge on any atom is 0.237 e. The number of aryl methyl sites for hydroxylation is 1. The Hall–Kier alpha value is -2.34. The zero-order valence-electron chi connectivity index (χ0n) is 14.3. The van der Waals surface area contributed by atoms with Gasteiger partial charge in [-0.25, -0.2) is 9.97 Å². The van der Waals surface area contributed by atoms with Crippen molar-refractivity contribution in [2.75, 3.05) is 10.7 Å². The molecule has 0 radical (unpaired) electrons. The summed E-state index contributed by atoms with van der Waals surface area (Å²) in [4.78, 5) is 23.8. The Morgan fingerprint density at radius 1 is 1.28 bits per heavy atom. The minimum atomic E-state index is 0.130. The van der Waals surface area contributed by atoms with Gasteiger partial charge in [-0.15, -0.1) is 0 Å². The van der Waals surface area contributed by atoms with Gasteiger partial charge in [0.05, 0.1) is 5.75 Å². The van der Waals surface area contributed by atoms with Crippen molar-refractivity contribution < 1.29 is 4.79 Å². The normalized spacial score (nSPS) is 16.4. The van der Waals surface area contributed by atoms with Crippen molar-refractivity contribution in [3.63, 3.8) is 0 Å². The number of pyridine rings is 1. The number of fused-ring (bicyclic) bond motifs is 2. The first-order valence-electron chi connectivity index (χ1n) is 8.53. The number of anilines is 1. The Labute approximate surface area is 151 Å². The van der Waals surface area contributed by atoms with Crippen LogP contribution >= 0.6 is 11.8 Å². The highest BCUT2D eigenvalue weighted by Crippen LogP contribution is 2.33. The first kappa shape index (κ1) is 16.1.